The Balaban J connectivity index is 1.72. The molecule has 2 aromatic rings. The fourth-order valence-corrected chi connectivity index (χ4v) is 2.77. The van der Waals surface area contributed by atoms with Gasteiger partial charge in [0.15, 0.2) is 0 Å². The molecule has 0 aromatic heterocycles. The zero-order valence-electron chi connectivity index (χ0n) is 11.8. The van der Waals surface area contributed by atoms with Crippen LogP contribution >= 0.6 is 15.9 Å². The highest BCUT2D eigenvalue weighted by Gasteiger charge is 2.21. The molecule has 4 nitrogen and oxygen atoms in total. The van der Waals surface area contributed by atoms with E-state index in [1.807, 2.05) is 6.07 Å². The zero-order chi connectivity index (χ0) is 15.5. The molecule has 0 N–H and O–H groups in total. The van der Waals surface area contributed by atoms with Crippen molar-refractivity contribution in [1.29, 1.82) is 0 Å². The third-order valence-corrected chi connectivity index (χ3v) is 3.99. The maximum absolute atomic E-state index is 12.1. The SMILES string of the molecule is O=C(Oc1cccc(Br)c1)c1ccc(N2CCCC2=O)cc1. The second kappa shape index (κ2) is 6.32. The minimum absolute atomic E-state index is 0.129. The van der Waals surface area contributed by atoms with Crippen LogP contribution in [0.2, 0.25) is 0 Å². The Labute approximate surface area is 136 Å². The molecule has 5 heteroatoms. The monoisotopic (exact) mass is 359 g/mol. The second-order valence-corrected chi connectivity index (χ2v) is 5.96. The molecule has 112 valence electrons. The molecule has 0 radical (unpaired) electrons. The molecular formula is C17H14BrNO3. The fourth-order valence-electron chi connectivity index (χ4n) is 2.40. The first-order valence-electron chi connectivity index (χ1n) is 7.02. The molecule has 1 amide bonds. The van der Waals surface area contributed by atoms with Gasteiger partial charge in [0.05, 0.1) is 5.56 Å². The molecule has 0 saturated carbocycles. The summed E-state index contributed by atoms with van der Waals surface area (Å²) in [5.74, 6) is 0.194. The molecule has 1 heterocycles. The van der Waals surface area contributed by atoms with Crippen LogP contribution in [-0.4, -0.2) is 18.4 Å². The molecule has 0 aliphatic carbocycles. The molecule has 1 aliphatic rings. The number of hydrogen-bond donors (Lipinski definition) is 0. The average molecular weight is 360 g/mol. The molecule has 0 unspecified atom stereocenters. The first kappa shape index (κ1) is 14.8. The van der Waals surface area contributed by atoms with Gasteiger partial charge in [0.25, 0.3) is 0 Å². The van der Waals surface area contributed by atoms with Gasteiger partial charge in [-0.1, -0.05) is 22.0 Å². The van der Waals surface area contributed by atoms with Crippen molar-refractivity contribution in [3.05, 3.63) is 58.6 Å². The van der Waals surface area contributed by atoms with E-state index in [-0.39, 0.29) is 5.91 Å². The van der Waals surface area contributed by atoms with E-state index in [0.29, 0.717) is 17.7 Å². The number of anilines is 1. The molecule has 0 spiro atoms. The number of benzene rings is 2. The molecule has 0 bridgehead atoms. The van der Waals surface area contributed by atoms with Crippen molar-refractivity contribution in [1.82, 2.24) is 0 Å². The highest BCUT2D eigenvalue weighted by Crippen LogP contribution is 2.23. The highest BCUT2D eigenvalue weighted by molar-refractivity contribution is 9.10. The number of halogens is 1. The molecular weight excluding hydrogens is 346 g/mol. The molecule has 2 aromatic carbocycles. The summed E-state index contributed by atoms with van der Waals surface area (Å²) < 4.78 is 6.17. The summed E-state index contributed by atoms with van der Waals surface area (Å²) in [6, 6.07) is 14.0. The van der Waals surface area contributed by atoms with Crippen LogP contribution in [0.1, 0.15) is 23.2 Å². The minimum atomic E-state index is -0.419. The van der Waals surface area contributed by atoms with Gasteiger partial charge in [-0.3, -0.25) is 4.79 Å². The Morgan fingerprint density at radius 2 is 1.91 bits per heavy atom. The van der Waals surface area contributed by atoms with E-state index in [0.717, 1.165) is 23.1 Å². The highest BCUT2D eigenvalue weighted by atomic mass is 79.9. The van der Waals surface area contributed by atoms with E-state index in [9.17, 15) is 9.59 Å². The van der Waals surface area contributed by atoms with Crippen LogP contribution in [0.15, 0.2) is 53.0 Å². The lowest BCUT2D eigenvalue weighted by Gasteiger charge is -2.15. The number of esters is 1. The van der Waals surface area contributed by atoms with Crippen LogP contribution in [-0.2, 0) is 4.79 Å². The van der Waals surface area contributed by atoms with Gasteiger partial charge in [-0.15, -0.1) is 0 Å². The van der Waals surface area contributed by atoms with Gasteiger partial charge < -0.3 is 9.64 Å². The van der Waals surface area contributed by atoms with Crippen LogP contribution in [0.5, 0.6) is 5.75 Å². The van der Waals surface area contributed by atoms with Gasteiger partial charge in [-0.25, -0.2) is 4.79 Å². The third-order valence-electron chi connectivity index (χ3n) is 3.49. The Kier molecular flexibility index (Phi) is 4.24. The number of carbonyl (C=O) groups excluding carboxylic acids is 2. The predicted molar refractivity (Wildman–Crippen MR) is 87.1 cm³/mol. The molecule has 1 saturated heterocycles. The first-order valence-corrected chi connectivity index (χ1v) is 7.81. The van der Waals surface area contributed by atoms with Crippen molar-refractivity contribution >= 4 is 33.5 Å². The quantitative estimate of drug-likeness (QED) is 0.618. The van der Waals surface area contributed by atoms with Gasteiger partial charge in [-0.05, 0) is 48.9 Å². The van der Waals surface area contributed by atoms with Crippen LogP contribution in [0, 0.1) is 0 Å². The molecule has 1 aliphatic heterocycles. The van der Waals surface area contributed by atoms with Crippen LogP contribution in [0.25, 0.3) is 0 Å². The lowest BCUT2D eigenvalue weighted by Crippen LogP contribution is -2.23. The van der Waals surface area contributed by atoms with Crippen LogP contribution < -0.4 is 9.64 Å². The lowest BCUT2D eigenvalue weighted by molar-refractivity contribution is -0.117. The van der Waals surface area contributed by atoms with Gasteiger partial charge in [-0.2, -0.15) is 0 Å². The van der Waals surface area contributed by atoms with Crippen molar-refractivity contribution in [3.8, 4) is 5.75 Å². The number of carbonyl (C=O) groups is 2. The van der Waals surface area contributed by atoms with Crippen molar-refractivity contribution in [2.75, 3.05) is 11.4 Å². The predicted octanol–water partition coefficient (Wildman–Crippen LogP) is 3.80. The van der Waals surface area contributed by atoms with Crippen molar-refractivity contribution in [2.24, 2.45) is 0 Å². The summed E-state index contributed by atoms with van der Waals surface area (Å²) in [5, 5.41) is 0. The summed E-state index contributed by atoms with van der Waals surface area (Å²) in [5.41, 5.74) is 1.27. The minimum Gasteiger partial charge on any atom is -0.423 e. The van der Waals surface area contributed by atoms with Gasteiger partial charge in [0.2, 0.25) is 5.91 Å². The maximum Gasteiger partial charge on any atom is 0.343 e. The number of hydrogen-bond acceptors (Lipinski definition) is 3. The van der Waals surface area contributed by atoms with Gasteiger partial charge in [0.1, 0.15) is 5.75 Å². The van der Waals surface area contributed by atoms with E-state index in [2.05, 4.69) is 15.9 Å². The Morgan fingerprint density at radius 1 is 1.14 bits per heavy atom. The van der Waals surface area contributed by atoms with E-state index in [4.69, 9.17) is 4.74 Å². The lowest BCUT2D eigenvalue weighted by atomic mass is 10.2. The van der Waals surface area contributed by atoms with Gasteiger partial charge in [0, 0.05) is 23.1 Å². The van der Waals surface area contributed by atoms with E-state index in [1.165, 1.54) is 0 Å². The Morgan fingerprint density at radius 3 is 2.55 bits per heavy atom. The van der Waals surface area contributed by atoms with E-state index >= 15 is 0 Å². The fraction of sp³-hybridized carbons (Fsp3) is 0.176. The Hall–Kier alpha value is -2.14. The largest absolute Gasteiger partial charge is 0.423 e. The molecule has 3 rings (SSSR count). The summed E-state index contributed by atoms with van der Waals surface area (Å²) in [7, 11) is 0. The summed E-state index contributed by atoms with van der Waals surface area (Å²) in [4.78, 5) is 25.5. The summed E-state index contributed by atoms with van der Waals surface area (Å²) >= 11 is 3.33. The average Bonchev–Trinajstić information content (AvgIpc) is 2.93. The normalized spacial score (nSPS) is 14.2. The van der Waals surface area contributed by atoms with Crippen LogP contribution in [0.4, 0.5) is 5.69 Å². The third kappa shape index (κ3) is 3.20. The maximum atomic E-state index is 12.1. The topological polar surface area (TPSA) is 46.6 Å². The Bertz CT molecular complexity index is 712. The second-order valence-electron chi connectivity index (χ2n) is 5.04. The number of nitrogens with zero attached hydrogens (tertiary/aromatic N) is 1. The molecule has 22 heavy (non-hydrogen) atoms. The van der Waals surface area contributed by atoms with Crippen molar-refractivity contribution in [3.63, 3.8) is 0 Å². The molecule has 1 fully saturated rings. The summed E-state index contributed by atoms with van der Waals surface area (Å²) in [6.07, 6.45) is 1.47. The smallest absolute Gasteiger partial charge is 0.343 e. The number of ether oxygens (including phenoxy) is 1. The standard InChI is InChI=1S/C17H14BrNO3/c18-13-3-1-4-15(11-13)22-17(21)12-6-8-14(9-7-12)19-10-2-5-16(19)20/h1,3-4,6-9,11H,2,5,10H2. The van der Waals surface area contributed by atoms with Crippen molar-refractivity contribution < 1.29 is 14.3 Å². The number of amides is 1. The summed E-state index contributed by atoms with van der Waals surface area (Å²) in [6.45, 7) is 0.737. The zero-order valence-corrected chi connectivity index (χ0v) is 13.4. The molecule has 0 atom stereocenters. The van der Waals surface area contributed by atoms with Gasteiger partial charge >= 0.3 is 5.97 Å². The first-order chi connectivity index (χ1) is 10.6. The van der Waals surface area contributed by atoms with Crippen LogP contribution in [0.3, 0.4) is 0 Å². The number of rotatable bonds is 3. The van der Waals surface area contributed by atoms with E-state index in [1.54, 1.807) is 47.4 Å². The van der Waals surface area contributed by atoms with E-state index < -0.39 is 5.97 Å². The van der Waals surface area contributed by atoms with Crippen molar-refractivity contribution in [2.45, 2.75) is 12.8 Å².